The minimum Gasteiger partial charge on any atom is -0.361 e. The standard InChI is InChI=1S/C18H10FN3/c19-14-7-5-12(6-8-14)18(13(9-20)10-21)16-11-22-17-4-2-1-3-15(16)17/h1-8,11,22H. The predicted molar refractivity (Wildman–Crippen MR) is 81.9 cm³/mol. The highest BCUT2D eigenvalue weighted by atomic mass is 19.1. The van der Waals surface area contributed by atoms with E-state index in [2.05, 4.69) is 4.98 Å². The summed E-state index contributed by atoms with van der Waals surface area (Å²) in [7, 11) is 0. The zero-order valence-electron chi connectivity index (χ0n) is 11.5. The van der Waals surface area contributed by atoms with Crippen LogP contribution in [0.2, 0.25) is 0 Å². The summed E-state index contributed by atoms with van der Waals surface area (Å²) in [5, 5.41) is 19.4. The molecule has 4 heteroatoms. The summed E-state index contributed by atoms with van der Waals surface area (Å²) >= 11 is 0. The first-order valence-electron chi connectivity index (χ1n) is 6.61. The van der Waals surface area contributed by atoms with Crippen molar-refractivity contribution in [2.45, 2.75) is 0 Å². The predicted octanol–water partition coefficient (Wildman–Crippen LogP) is 4.16. The number of nitrogens with one attached hydrogen (secondary N) is 1. The molecule has 0 fully saturated rings. The summed E-state index contributed by atoms with van der Waals surface area (Å²) in [6.07, 6.45) is 1.76. The first kappa shape index (κ1) is 13.6. The lowest BCUT2D eigenvalue weighted by Gasteiger charge is -2.07. The topological polar surface area (TPSA) is 63.4 Å². The highest BCUT2D eigenvalue weighted by Crippen LogP contribution is 2.32. The third-order valence-corrected chi connectivity index (χ3v) is 3.47. The second-order valence-corrected chi connectivity index (χ2v) is 4.73. The largest absolute Gasteiger partial charge is 0.361 e. The van der Waals surface area contributed by atoms with Crippen LogP contribution < -0.4 is 0 Å². The Kier molecular flexibility index (Phi) is 3.43. The van der Waals surface area contributed by atoms with Crippen molar-refractivity contribution in [3.05, 3.63) is 77.2 Å². The molecule has 3 rings (SSSR count). The average Bonchev–Trinajstić information content (AvgIpc) is 2.97. The molecule has 0 atom stereocenters. The molecular weight excluding hydrogens is 277 g/mol. The second-order valence-electron chi connectivity index (χ2n) is 4.73. The Balaban J connectivity index is 2.33. The lowest BCUT2D eigenvalue weighted by molar-refractivity contribution is 0.627. The molecule has 0 aliphatic carbocycles. The Hall–Kier alpha value is -3.37. The number of fused-ring (bicyclic) bond motifs is 1. The molecule has 3 aromatic rings. The van der Waals surface area contributed by atoms with Gasteiger partial charge in [0.2, 0.25) is 0 Å². The number of nitrogens with zero attached hydrogens (tertiary/aromatic N) is 2. The molecule has 0 saturated heterocycles. The normalized spacial score (nSPS) is 9.95. The molecule has 104 valence electrons. The maximum atomic E-state index is 13.2. The van der Waals surface area contributed by atoms with E-state index >= 15 is 0 Å². The van der Waals surface area contributed by atoms with Gasteiger partial charge in [0.15, 0.2) is 0 Å². The summed E-state index contributed by atoms with van der Waals surface area (Å²) in [6, 6.07) is 17.3. The van der Waals surface area contributed by atoms with Gasteiger partial charge in [-0.25, -0.2) is 4.39 Å². The van der Waals surface area contributed by atoms with Gasteiger partial charge in [0.05, 0.1) is 0 Å². The fraction of sp³-hybridized carbons (Fsp3) is 0. The number of H-pyrrole nitrogens is 1. The summed E-state index contributed by atoms with van der Waals surface area (Å²) < 4.78 is 13.2. The van der Waals surface area contributed by atoms with Gasteiger partial charge in [0.1, 0.15) is 23.5 Å². The van der Waals surface area contributed by atoms with Crippen molar-refractivity contribution < 1.29 is 4.39 Å². The number of hydrogen-bond acceptors (Lipinski definition) is 2. The summed E-state index contributed by atoms with van der Waals surface area (Å²) in [5.41, 5.74) is 2.79. The van der Waals surface area contributed by atoms with Crippen LogP contribution in [0.5, 0.6) is 0 Å². The third kappa shape index (κ3) is 2.24. The van der Waals surface area contributed by atoms with Crippen LogP contribution >= 0.6 is 0 Å². The molecule has 22 heavy (non-hydrogen) atoms. The third-order valence-electron chi connectivity index (χ3n) is 3.47. The fourth-order valence-corrected chi connectivity index (χ4v) is 2.47. The molecule has 3 nitrogen and oxygen atoms in total. The SMILES string of the molecule is N#CC(C#N)=C(c1ccc(F)cc1)c1c[nH]c2ccccc12. The maximum absolute atomic E-state index is 13.2. The molecule has 1 N–H and O–H groups in total. The van der Waals surface area contributed by atoms with Gasteiger partial charge >= 0.3 is 0 Å². The molecule has 0 radical (unpaired) electrons. The lowest BCUT2D eigenvalue weighted by atomic mass is 9.93. The molecule has 1 heterocycles. The minimum absolute atomic E-state index is 0.00337. The van der Waals surface area contributed by atoms with Gasteiger partial charge in [-0.15, -0.1) is 0 Å². The maximum Gasteiger partial charge on any atom is 0.138 e. The molecule has 0 saturated carbocycles. The van der Waals surface area contributed by atoms with Crippen LogP contribution in [-0.4, -0.2) is 4.98 Å². The molecular formula is C18H10FN3. The monoisotopic (exact) mass is 287 g/mol. The van der Waals surface area contributed by atoms with Crippen LogP contribution in [-0.2, 0) is 0 Å². The number of aromatic nitrogens is 1. The lowest BCUT2D eigenvalue weighted by Crippen LogP contribution is -1.92. The number of halogens is 1. The van der Waals surface area contributed by atoms with E-state index in [1.54, 1.807) is 18.3 Å². The fourth-order valence-electron chi connectivity index (χ4n) is 2.47. The highest BCUT2D eigenvalue weighted by Gasteiger charge is 2.16. The van der Waals surface area contributed by atoms with E-state index in [9.17, 15) is 14.9 Å². The first-order valence-corrected chi connectivity index (χ1v) is 6.61. The van der Waals surface area contributed by atoms with Crippen molar-refractivity contribution in [3.63, 3.8) is 0 Å². The van der Waals surface area contributed by atoms with E-state index in [4.69, 9.17) is 0 Å². The van der Waals surface area contributed by atoms with Crippen LogP contribution in [0.25, 0.3) is 16.5 Å². The number of aromatic amines is 1. The van der Waals surface area contributed by atoms with Gasteiger partial charge in [-0.2, -0.15) is 10.5 Å². The molecule has 0 aliphatic rings. The number of allylic oxidation sites excluding steroid dienone is 1. The quantitative estimate of drug-likeness (QED) is 0.719. The molecule has 0 bridgehead atoms. The molecule has 0 amide bonds. The van der Waals surface area contributed by atoms with Crippen LogP contribution in [0.3, 0.4) is 0 Å². The van der Waals surface area contributed by atoms with Crippen molar-refractivity contribution in [1.29, 1.82) is 10.5 Å². The number of rotatable bonds is 2. The molecule has 1 aromatic heterocycles. The number of nitriles is 2. The highest BCUT2D eigenvalue weighted by molar-refractivity contribution is 5.99. The Morgan fingerprint density at radius 1 is 0.955 bits per heavy atom. The minimum atomic E-state index is -0.363. The molecule has 2 aromatic carbocycles. The van der Waals surface area contributed by atoms with Gasteiger partial charge < -0.3 is 4.98 Å². The van der Waals surface area contributed by atoms with Gasteiger partial charge in [-0.05, 0) is 23.8 Å². The van der Waals surface area contributed by atoms with E-state index in [-0.39, 0.29) is 11.4 Å². The van der Waals surface area contributed by atoms with Gasteiger partial charge in [0, 0.05) is 28.2 Å². The van der Waals surface area contributed by atoms with Crippen molar-refractivity contribution in [2.75, 3.05) is 0 Å². The van der Waals surface area contributed by atoms with E-state index in [0.717, 1.165) is 16.5 Å². The summed E-state index contributed by atoms with van der Waals surface area (Å²) in [6.45, 7) is 0. The van der Waals surface area contributed by atoms with E-state index in [0.29, 0.717) is 11.1 Å². The van der Waals surface area contributed by atoms with Gasteiger partial charge in [-0.3, -0.25) is 0 Å². The summed E-state index contributed by atoms with van der Waals surface area (Å²) in [5.74, 6) is -0.363. The molecule has 0 unspecified atom stereocenters. The summed E-state index contributed by atoms with van der Waals surface area (Å²) in [4.78, 5) is 3.13. The Morgan fingerprint density at radius 2 is 1.64 bits per heavy atom. The molecule has 0 spiro atoms. The van der Waals surface area contributed by atoms with Crippen molar-refractivity contribution in [1.82, 2.24) is 4.98 Å². The van der Waals surface area contributed by atoms with E-state index in [1.807, 2.05) is 36.4 Å². The smallest absolute Gasteiger partial charge is 0.138 e. The number of hydrogen-bond donors (Lipinski definition) is 1. The van der Waals surface area contributed by atoms with Gasteiger partial charge in [0.25, 0.3) is 0 Å². The number of para-hydroxylation sites is 1. The van der Waals surface area contributed by atoms with Crippen LogP contribution in [0.4, 0.5) is 4.39 Å². The average molecular weight is 287 g/mol. The first-order chi connectivity index (χ1) is 10.7. The van der Waals surface area contributed by atoms with E-state index < -0.39 is 0 Å². The number of benzene rings is 2. The Morgan fingerprint density at radius 3 is 2.32 bits per heavy atom. The van der Waals surface area contributed by atoms with Gasteiger partial charge in [-0.1, -0.05) is 30.3 Å². The van der Waals surface area contributed by atoms with Crippen LogP contribution in [0.1, 0.15) is 11.1 Å². The van der Waals surface area contributed by atoms with Crippen LogP contribution in [0, 0.1) is 28.5 Å². The van der Waals surface area contributed by atoms with Crippen molar-refractivity contribution in [3.8, 4) is 12.1 Å². The Labute approximate surface area is 126 Å². The van der Waals surface area contributed by atoms with Crippen molar-refractivity contribution >= 4 is 16.5 Å². The van der Waals surface area contributed by atoms with Crippen LogP contribution in [0.15, 0.2) is 60.3 Å². The van der Waals surface area contributed by atoms with E-state index in [1.165, 1.54) is 12.1 Å². The second kappa shape index (κ2) is 5.55. The zero-order valence-corrected chi connectivity index (χ0v) is 11.5. The van der Waals surface area contributed by atoms with Crippen molar-refractivity contribution in [2.24, 2.45) is 0 Å². The zero-order chi connectivity index (χ0) is 15.5. The molecule has 0 aliphatic heterocycles. The Bertz CT molecular complexity index is 934.